The number of rotatable bonds is 2. The smallest absolute Gasteiger partial charge is 0.155 e. The van der Waals surface area contributed by atoms with Gasteiger partial charge in [0.1, 0.15) is 17.4 Å². The van der Waals surface area contributed by atoms with Crippen molar-refractivity contribution in [3.63, 3.8) is 0 Å². The highest BCUT2D eigenvalue weighted by Gasteiger charge is 2.17. The summed E-state index contributed by atoms with van der Waals surface area (Å²) < 4.78 is 1.79. The van der Waals surface area contributed by atoms with Gasteiger partial charge in [0.05, 0.1) is 11.0 Å². The monoisotopic (exact) mass is 309 g/mol. The summed E-state index contributed by atoms with van der Waals surface area (Å²) >= 11 is 5.94. The van der Waals surface area contributed by atoms with Gasteiger partial charge in [0.25, 0.3) is 0 Å². The number of aliphatic hydroxyl groups excluding tert-OH is 1. The number of para-hydroxylation sites is 2. The van der Waals surface area contributed by atoms with E-state index in [-0.39, 0.29) is 11.3 Å². The second kappa shape index (κ2) is 5.55. The molecule has 0 saturated carbocycles. The van der Waals surface area contributed by atoms with Crippen LogP contribution in [0.5, 0.6) is 0 Å². The number of aliphatic hydroxyl groups is 1. The lowest BCUT2D eigenvalue weighted by Crippen LogP contribution is -1.99. The quantitative estimate of drug-likeness (QED) is 0.570. The minimum atomic E-state index is -0.136. The molecule has 1 aromatic heterocycles. The molecule has 0 unspecified atom stereocenters. The van der Waals surface area contributed by atoms with E-state index >= 15 is 0 Å². The molecule has 0 amide bonds. The Morgan fingerprint density at radius 3 is 2.68 bits per heavy atom. The number of benzene rings is 2. The lowest BCUT2D eigenvalue weighted by atomic mass is 10.1. The Balaban J connectivity index is 2.24. The molecule has 0 aliphatic carbocycles. The van der Waals surface area contributed by atoms with Crippen molar-refractivity contribution >= 4 is 34.0 Å². The van der Waals surface area contributed by atoms with Crippen molar-refractivity contribution in [3.05, 3.63) is 64.9 Å². The van der Waals surface area contributed by atoms with Crippen molar-refractivity contribution in [2.75, 3.05) is 0 Å². The van der Waals surface area contributed by atoms with Crippen LogP contribution in [-0.2, 0) is 7.05 Å². The topological polar surface area (TPSA) is 61.8 Å². The van der Waals surface area contributed by atoms with E-state index in [4.69, 9.17) is 11.6 Å². The Bertz CT molecular complexity index is 934. The highest BCUT2D eigenvalue weighted by atomic mass is 35.5. The summed E-state index contributed by atoms with van der Waals surface area (Å²) in [4.78, 5) is 4.44. The first-order valence-electron chi connectivity index (χ1n) is 6.63. The van der Waals surface area contributed by atoms with Crippen molar-refractivity contribution in [2.24, 2.45) is 7.05 Å². The lowest BCUT2D eigenvalue weighted by molar-refractivity contribution is 0.513. The fraction of sp³-hybridized carbons (Fsp3) is 0.0588. The van der Waals surface area contributed by atoms with E-state index in [1.54, 1.807) is 28.8 Å². The number of aromatic nitrogens is 2. The zero-order valence-corrected chi connectivity index (χ0v) is 12.5. The third-order valence-corrected chi connectivity index (χ3v) is 3.69. The van der Waals surface area contributed by atoms with Crippen LogP contribution in [0.4, 0.5) is 0 Å². The number of hydrogen-bond donors (Lipinski definition) is 1. The molecule has 0 radical (unpaired) electrons. The Labute approximate surface area is 132 Å². The fourth-order valence-electron chi connectivity index (χ4n) is 2.36. The van der Waals surface area contributed by atoms with Crippen molar-refractivity contribution in [1.29, 1.82) is 5.26 Å². The summed E-state index contributed by atoms with van der Waals surface area (Å²) in [5, 5.41) is 20.4. The zero-order valence-electron chi connectivity index (χ0n) is 11.8. The van der Waals surface area contributed by atoms with Gasteiger partial charge < -0.3 is 9.67 Å². The largest absolute Gasteiger partial charge is 0.506 e. The van der Waals surface area contributed by atoms with Crippen LogP contribution >= 0.6 is 11.6 Å². The van der Waals surface area contributed by atoms with E-state index in [2.05, 4.69) is 4.98 Å². The van der Waals surface area contributed by atoms with Gasteiger partial charge in [0.15, 0.2) is 5.82 Å². The van der Waals surface area contributed by atoms with Crippen LogP contribution < -0.4 is 0 Å². The number of allylic oxidation sites excluding steroid dienone is 1. The molecule has 3 aromatic rings. The van der Waals surface area contributed by atoms with E-state index in [0.29, 0.717) is 16.4 Å². The van der Waals surface area contributed by atoms with Crippen molar-refractivity contribution < 1.29 is 5.11 Å². The number of hydrogen-bond acceptors (Lipinski definition) is 3. The number of halogens is 1. The third-order valence-electron chi connectivity index (χ3n) is 3.46. The summed E-state index contributed by atoms with van der Waals surface area (Å²) in [7, 11) is 1.81. The first-order valence-corrected chi connectivity index (χ1v) is 7.00. The van der Waals surface area contributed by atoms with Gasteiger partial charge in [-0.2, -0.15) is 5.26 Å². The summed E-state index contributed by atoms with van der Waals surface area (Å²) in [5.74, 6) is 0.282. The van der Waals surface area contributed by atoms with Gasteiger partial charge >= 0.3 is 0 Å². The predicted molar refractivity (Wildman–Crippen MR) is 87.2 cm³/mol. The molecule has 22 heavy (non-hydrogen) atoms. The normalized spacial score (nSPS) is 12.0. The Kier molecular flexibility index (Phi) is 3.58. The molecule has 0 atom stereocenters. The lowest BCUT2D eigenvalue weighted by Gasteiger charge is -2.05. The average molecular weight is 310 g/mol. The summed E-state index contributed by atoms with van der Waals surface area (Å²) in [5.41, 5.74) is 2.26. The summed E-state index contributed by atoms with van der Waals surface area (Å²) in [6.45, 7) is 0. The van der Waals surface area contributed by atoms with Crippen LogP contribution in [-0.4, -0.2) is 14.7 Å². The Morgan fingerprint density at radius 2 is 2.00 bits per heavy atom. The summed E-state index contributed by atoms with van der Waals surface area (Å²) in [6.07, 6.45) is 0. The van der Waals surface area contributed by atoms with Crippen LogP contribution in [0, 0.1) is 11.3 Å². The number of fused-ring (bicyclic) bond motifs is 1. The Hall–Kier alpha value is -2.77. The molecule has 2 aromatic carbocycles. The molecule has 4 nitrogen and oxygen atoms in total. The SMILES string of the molecule is Cn1c(/C(C#N)=C(\O)c2cccc(Cl)c2)nc2ccccc21. The molecule has 0 saturated heterocycles. The van der Waals surface area contributed by atoms with Crippen molar-refractivity contribution in [3.8, 4) is 6.07 Å². The molecule has 0 spiro atoms. The van der Waals surface area contributed by atoms with Crippen LogP contribution in [0.25, 0.3) is 22.4 Å². The van der Waals surface area contributed by atoms with Gasteiger partial charge in [0.2, 0.25) is 0 Å². The van der Waals surface area contributed by atoms with Crippen molar-refractivity contribution in [1.82, 2.24) is 9.55 Å². The molecule has 0 fully saturated rings. The molecule has 5 heteroatoms. The van der Waals surface area contributed by atoms with E-state index < -0.39 is 0 Å². The molecule has 108 valence electrons. The molecule has 0 bridgehead atoms. The van der Waals surface area contributed by atoms with E-state index in [1.165, 1.54) is 0 Å². The second-order valence-electron chi connectivity index (χ2n) is 4.83. The van der Waals surface area contributed by atoms with Gasteiger partial charge in [-0.3, -0.25) is 0 Å². The Morgan fingerprint density at radius 1 is 1.23 bits per heavy atom. The highest BCUT2D eigenvalue weighted by molar-refractivity contribution is 6.30. The van der Waals surface area contributed by atoms with E-state index in [0.717, 1.165) is 11.0 Å². The van der Waals surface area contributed by atoms with E-state index in [1.807, 2.05) is 37.4 Å². The maximum atomic E-state index is 10.5. The molecule has 3 rings (SSSR count). The molecular weight excluding hydrogens is 298 g/mol. The highest BCUT2D eigenvalue weighted by Crippen LogP contribution is 2.27. The van der Waals surface area contributed by atoms with Crippen LogP contribution in [0.3, 0.4) is 0 Å². The predicted octanol–water partition coefficient (Wildman–Crippen LogP) is 4.18. The molecule has 1 heterocycles. The molecular formula is C17H12ClN3O. The molecule has 0 aliphatic heterocycles. The first kappa shape index (κ1) is 14.2. The number of nitriles is 1. The number of nitrogens with zero attached hydrogens (tertiary/aromatic N) is 3. The minimum absolute atomic E-state index is 0.112. The average Bonchev–Trinajstić information content (AvgIpc) is 2.85. The standard InChI is InChI=1S/C17H12ClN3O/c1-21-15-8-3-2-7-14(15)20-17(21)13(10-19)16(22)11-5-4-6-12(18)9-11/h2-9,22H,1H3/b16-13-. The minimum Gasteiger partial charge on any atom is -0.506 e. The molecule has 1 N–H and O–H groups in total. The van der Waals surface area contributed by atoms with Crippen molar-refractivity contribution in [2.45, 2.75) is 0 Å². The first-order chi connectivity index (χ1) is 10.6. The second-order valence-corrected chi connectivity index (χ2v) is 5.27. The maximum absolute atomic E-state index is 10.5. The fourth-order valence-corrected chi connectivity index (χ4v) is 2.55. The van der Waals surface area contributed by atoms with Crippen LogP contribution in [0.1, 0.15) is 11.4 Å². The number of imidazole rings is 1. The van der Waals surface area contributed by atoms with Crippen LogP contribution in [0.15, 0.2) is 48.5 Å². The zero-order chi connectivity index (χ0) is 15.7. The van der Waals surface area contributed by atoms with Gasteiger partial charge in [-0.05, 0) is 24.3 Å². The van der Waals surface area contributed by atoms with Gasteiger partial charge in [0, 0.05) is 17.6 Å². The van der Waals surface area contributed by atoms with Gasteiger partial charge in [-0.1, -0.05) is 35.9 Å². The van der Waals surface area contributed by atoms with Gasteiger partial charge in [-0.15, -0.1) is 0 Å². The van der Waals surface area contributed by atoms with E-state index in [9.17, 15) is 10.4 Å². The summed E-state index contributed by atoms with van der Waals surface area (Å²) in [6, 6.07) is 16.3. The maximum Gasteiger partial charge on any atom is 0.155 e. The molecule has 0 aliphatic rings. The van der Waals surface area contributed by atoms with Gasteiger partial charge in [-0.25, -0.2) is 4.98 Å². The third kappa shape index (κ3) is 2.32. The number of aryl methyl sites for hydroxylation is 1. The van der Waals surface area contributed by atoms with Crippen LogP contribution in [0.2, 0.25) is 5.02 Å².